The van der Waals surface area contributed by atoms with Crippen molar-refractivity contribution in [1.82, 2.24) is 20.1 Å². The average Bonchev–Trinajstić information content (AvgIpc) is 2.97. The average molecular weight is 245 g/mol. The maximum absolute atomic E-state index is 5.89. The SMILES string of the molecule is Cc1nccc(-c2noc([C@@H]3CC[C@H](N)C3)n2)n1. The van der Waals surface area contributed by atoms with Gasteiger partial charge in [0.25, 0.3) is 0 Å². The Labute approximate surface area is 105 Å². The first kappa shape index (κ1) is 11.3. The van der Waals surface area contributed by atoms with E-state index in [2.05, 4.69) is 20.1 Å². The monoisotopic (exact) mass is 245 g/mol. The van der Waals surface area contributed by atoms with Crippen LogP contribution in [0.1, 0.15) is 36.9 Å². The van der Waals surface area contributed by atoms with Crippen LogP contribution >= 0.6 is 0 Å². The van der Waals surface area contributed by atoms with E-state index in [-0.39, 0.29) is 6.04 Å². The molecule has 1 aliphatic carbocycles. The molecule has 6 heteroatoms. The first-order chi connectivity index (χ1) is 8.72. The largest absolute Gasteiger partial charge is 0.339 e. The molecule has 0 aliphatic heterocycles. The molecule has 1 saturated carbocycles. The Hall–Kier alpha value is -1.82. The zero-order valence-corrected chi connectivity index (χ0v) is 10.2. The van der Waals surface area contributed by atoms with Gasteiger partial charge in [0.2, 0.25) is 11.7 Å². The summed E-state index contributed by atoms with van der Waals surface area (Å²) >= 11 is 0. The van der Waals surface area contributed by atoms with Gasteiger partial charge in [-0.15, -0.1) is 0 Å². The quantitative estimate of drug-likeness (QED) is 0.860. The molecular weight excluding hydrogens is 230 g/mol. The van der Waals surface area contributed by atoms with Gasteiger partial charge in [0.05, 0.1) is 0 Å². The zero-order valence-electron chi connectivity index (χ0n) is 10.2. The van der Waals surface area contributed by atoms with Gasteiger partial charge in [-0.25, -0.2) is 9.97 Å². The molecule has 1 aliphatic rings. The van der Waals surface area contributed by atoms with E-state index in [1.165, 1.54) is 0 Å². The molecule has 2 aromatic rings. The molecule has 0 radical (unpaired) electrons. The second-order valence-corrected chi connectivity index (χ2v) is 4.72. The lowest BCUT2D eigenvalue weighted by Gasteiger charge is -2.01. The summed E-state index contributed by atoms with van der Waals surface area (Å²) in [7, 11) is 0. The van der Waals surface area contributed by atoms with Gasteiger partial charge in [-0.05, 0) is 32.3 Å². The minimum atomic E-state index is 0.256. The molecule has 0 spiro atoms. The topological polar surface area (TPSA) is 90.7 Å². The third-order valence-corrected chi connectivity index (χ3v) is 3.27. The van der Waals surface area contributed by atoms with Crippen molar-refractivity contribution in [2.75, 3.05) is 0 Å². The summed E-state index contributed by atoms with van der Waals surface area (Å²) in [6.07, 6.45) is 4.66. The molecule has 0 unspecified atom stereocenters. The van der Waals surface area contributed by atoms with Crippen LogP contribution in [0.3, 0.4) is 0 Å². The fourth-order valence-corrected chi connectivity index (χ4v) is 2.33. The predicted molar refractivity (Wildman–Crippen MR) is 64.6 cm³/mol. The molecule has 94 valence electrons. The Bertz CT molecular complexity index is 553. The number of rotatable bonds is 2. The molecule has 0 amide bonds. The fraction of sp³-hybridized carbons (Fsp3) is 0.500. The summed E-state index contributed by atoms with van der Waals surface area (Å²) in [5, 5.41) is 3.98. The minimum Gasteiger partial charge on any atom is -0.339 e. The van der Waals surface area contributed by atoms with Gasteiger partial charge < -0.3 is 10.3 Å². The summed E-state index contributed by atoms with van der Waals surface area (Å²) in [5.41, 5.74) is 6.58. The van der Waals surface area contributed by atoms with E-state index < -0.39 is 0 Å². The third kappa shape index (κ3) is 2.11. The lowest BCUT2D eigenvalue weighted by atomic mass is 10.1. The number of hydrogen-bond donors (Lipinski definition) is 1. The highest BCUT2D eigenvalue weighted by Gasteiger charge is 2.28. The van der Waals surface area contributed by atoms with Gasteiger partial charge in [0.1, 0.15) is 11.5 Å². The number of nitrogens with two attached hydrogens (primary N) is 1. The first-order valence-corrected chi connectivity index (χ1v) is 6.11. The normalized spacial score (nSPS) is 23.4. The van der Waals surface area contributed by atoms with Gasteiger partial charge in [-0.2, -0.15) is 4.98 Å². The van der Waals surface area contributed by atoms with Crippen LogP contribution in [0, 0.1) is 6.92 Å². The van der Waals surface area contributed by atoms with Crippen LogP contribution in [0.4, 0.5) is 0 Å². The molecule has 2 aromatic heterocycles. The van der Waals surface area contributed by atoms with Crippen molar-refractivity contribution < 1.29 is 4.52 Å². The van der Waals surface area contributed by atoms with Crippen molar-refractivity contribution in [3.8, 4) is 11.5 Å². The summed E-state index contributed by atoms with van der Waals surface area (Å²) < 4.78 is 5.31. The standard InChI is InChI=1S/C12H15N5O/c1-7-14-5-4-10(15-7)11-16-12(18-17-11)8-2-3-9(13)6-8/h4-5,8-9H,2-3,6,13H2,1H3/t8-,9+/m1/s1. The van der Waals surface area contributed by atoms with Crippen molar-refractivity contribution in [3.63, 3.8) is 0 Å². The molecule has 2 N–H and O–H groups in total. The molecule has 0 bridgehead atoms. The molecule has 0 aromatic carbocycles. The highest BCUT2D eigenvalue weighted by Crippen LogP contribution is 2.33. The van der Waals surface area contributed by atoms with Crippen LogP contribution in [-0.2, 0) is 0 Å². The Kier molecular flexibility index (Phi) is 2.79. The van der Waals surface area contributed by atoms with E-state index in [4.69, 9.17) is 10.3 Å². The van der Waals surface area contributed by atoms with Gasteiger partial charge in [-0.1, -0.05) is 5.16 Å². The van der Waals surface area contributed by atoms with Gasteiger partial charge in [0, 0.05) is 18.2 Å². The highest BCUT2D eigenvalue weighted by atomic mass is 16.5. The number of aromatic nitrogens is 4. The lowest BCUT2D eigenvalue weighted by molar-refractivity contribution is 0.353. The second kappa shape index (κ2) is 4.45. The molecule has 6 nitrogen and oxygen atoms in total. The van der Waals surface area contributed by atoms with Crippen LogP contribution in [0.2, 0.25) is 0 Å². The summed E-state index contributed by atoms with van der Waals surface area (Å²) in [5.74, 6) is 2.19. The number of hydrogen-bond acceptors (Lipinski definition) is 6. The molecular formula is C12H15N5O. The van der Waals surface area contributed by atoms with Crippen LogP contribution in [0.15, 0.2) is 16.8 Å². The van der Waals surface area contributed by atoms with Crippen molar-refractivity contribution in [2.24, 2.45) is 5.73 Å². The van der Waals surface area contributed by atoms with Crippen molar-refractivity contribution in [1.29, 1.82) is 0 Å². The van der Waals surface area contributed by atoms with Crippen LogP contribution < -0.4 is 5.73 Å². The zero-order chi connectivity index (χ0) is 12.5. The molecule has 1 fully saturated rings. The van der Waals surface area contributed by atoms with Gasteiger partial charge in [-0.3, -0.25) is 0 Å². The lowest BCUT2D eigenvalue weighted by Crippen LogP contribution is -2.14. The first-order valence-electron chi connectivity index (χ1n) is 6.11. The van der Waals surface area contributed by atoms with Crippen LogP contribution in [-0.4, -0.2) is 26.2 Å². The Balaban J connectivity index is 1.85. The van der Waals surface area contributed by atoms with Gasteiger partial charge in [0.15, 0.2) is 0 Å². The number of nitrogens with zero attached hydrogens (tertiary/aromatic N) is 4. The van der Waals surface area contributed by atoms with E-state index in [1.54, 1.807) is 12.3 Å². The van der Waals surface area contributed by atoms with Crippen molar-refractivity contribution >= 4 is 0 Å². The van der Waals surface area contributed by atoms with E-state index in [9.17, 15) is 0 Å². The molecule has 2 heterocycles. The summed E-state index contributed by atoms with van der Waals surface area (Å²) in [4.78, 5) is 12.7. The summed E-state index contributed by atoms with van der Waals surface area (Å²) in [6, 6.07) is 2.04. The molecule has 2 atom stereocenters. The maximum Gasteiger partial charge on any atom is 0.230 e. The second-order valence-electron chi connectivity index (χ2n) is 4.72. The Morgan fingerprint density at radius 2 is 2.22 bits per heavy atom. The van der Waals surface area contributed by atoms with E-state index in [0.29, 0.717) is 29.2 Å². The Morgan fingerprint density at radius 1 is 1.33 bits per heavy atom. The van der Waals surface area contributed by atoms with E-state index >= 15 is 0 Å². The van der Waals surface area contributed by atoms with Crippen LogP contribution in [0.25, 0.3) is 11.5 Å². The Morgan fingerprint density at radius 3 is 2.94 bits per heavy atom. The third-order valence-electron chi connectivity index (χ3n) is 3.27. The van der Waals surface area contributed by atoms with Gasteiger partial charge >= 0.3 is 0 Å². The van der Waals surface area contributed by atoms with Crippen LogP contribution in [0.5, 0.6) is 0 Å². The maximum atomic E-state index is 5.89. The molecule has 3 rings (SSSR count). The molecule has 18 heavy (non-hydrogen) atoms. The smallest absolute Gasteiger partial charge is 0.230 e. The predicted octanol–water partition coefficient (Wildman–Crippen LogP) is 1.43. The van der Waals surface area contributed by atoms with Crippen molar-refractivity contribution in [2.45, 2.75) is 38.1 Å². The molecule has 0 saturated heterocycles. The van der Waals surface area contributed by atoms with E-state index in [1.807, 2.05) is 6.92 Å². The van der Waals surface area contributed by atoms with E-state index in [0.717, 1.165) is 19.3 Å². The minimum absolute atomic E-state index is 0.256. The summed E-state index contributed by atoms with van der Waals surface area (Å²) in [6.45, 7) is 1.83. The highest BCUT2D eigenvalue weighted by molar-refractivity contribution is 5.47. The van der Waals surface area contributed by atoms with Crippen molar-refractivity contribution in [3.05, 3.63) is 24.0 Å². The fourth-order valence-electron chi connectivity index (χ4n) is 2.33. The number of aryl methyl sites for hydroxylation is 1.